The number of phenolic OH excluding ortho intramolecular Hbond substituents is 1. The number of Topliss-reactive ketones (excluding diaryl/α,β-unsaturated/α-hetero) is 1. The van der Waals surface area contributed by atoms with Crippen LogP contribution in [0.3, 0.4) is 0 Å². The van der Waals surface area contributed by atoms with Crippen LogP contribution in [0, 0.1) is 13.8 Å². The van der Waals surface area contributed by atoms with E-state index in [1.54, 1.807) is 26.0 Å². The summed E-state index contributed by atoms with van der Waals surface area (Å²) in [5.41, 5.74) is 1.92. The van der Waals surface area contributed by atoms with Crippen molar-refractivity contribution in [2.24, 2.45) is 0 Å². The molecule has 2 N–H and O–H groups in total. The zero-order valence-corrected chi connectivity index (χ0v) is 22.7. The van der Waals surface area contributed by atoms with Gasteiger partial charge in [0, 0.05) is 10.8 Å². The molecular weight excluding hydrogens is 552 g/mol. The molecule has 3 heterocycles. The molecule has 2 aromatic carbocycles. The summed E-state index contributed by atoms with van der Waals surface area (Å²) in [6.45, 7) is 3.49. The van der Waals surface area contributed by atoms with Gasteiger partial charge >= 0.3 is 0 Å². The number of amides is 1. The number of nitrogens with zero attached hydrogens (tertiary/aromatic N) is 4. The van der Waals surface area contributed by atoms with Crippen molar-refractivity contribution in [2.45, 2.75) is 30.0 Å². The summed E-state index contributed by atoms with van der Waals surface area (Å²) < 4.78 is 0.612. The number of rotatable bonds is 7. The summed E-state index contributed by atoms with van der Waals surface area (Å²) in [5.74, 6) is -1.33. The molecule has 2 aromatic heterocycles. The van der Waals surface area contributed by atoms with Crippen molar-refractivity contribution in [1.29, 1.82) is 0 Å². The van der Waals surface area contributed by atoms with Gasteiger partial charge in [-0.2, -0.15) is 0 Å². The van der Waals surface area contributed by atoms with Crippen LogP contribution in [-0.2, 0) is 10.5 Å². The van der Waals surface area contributed by atoms with E-state index in [9.17, 15) is 19.8 Å². The van der Waals surface area contributed by atoms with E-state index in [4.69, 9.17) is 11.6 Å². The number of aromatic hydroxyl groups is 1. The van der Waals surface area contributed by atoms with Crippen LogP contribution in [0.5, 0.6) is 5.75 Å². The second-order valence-corrected chi connectivity index (χ2v) is 12.0. The zero-order chi connectivity index (χ0) is 26.3. The minimum atomic E-state index is -1.00. The number of hydrogen-bond donors (Lipinski definition) is 2. The normalized spacial score (nSPS) is 15.6. The van der Waals surface area contributed by atoms with E-state index in [1.807, 2.05) is 24.3 Å². The molecule has 4 aromatic rings. The van der Waals surface area contributed by atoms with Gasteiger partial charge in [-0.3, -0.25) is 14.5 Å². The van der Waals surface area contributed by atoms with Crippen LogP contribution in [-0.4, -0.2) is 37.1 Å². The number of hydrogen-bond acceptors (Lipinski definition) is 10. The van der Waals surface area contributed by atoms with Crippen molar-refractivity contribution in [2.75, 3.05) is 4.90 Å². The average Bonchev–Trinajstić information content (AvgIpc) is 3.54. The highest BCUT2D eigenvalue weighted by Gasteiger charge is 2.46. The Labute approximate surface area is 229 Å². The number of carbonyl (C=O) groups is 2. The summed E-state index contributed by atoms with van der Waals surface area (Å²) in [4.78, 5) is 32.9. The first-order chi connectivity index (χ1) is 17.7. The fraction of sp³-hybridized carbons (Fsp3) is 0.160. The number of halogens is 1. The number of phenols is 1. The van der Waals surface area contributed by atoms with Crippen molar-refractivity contribution >= 4 is 62.9 Å². The van der Waals surface area contributed by atoms with Gasteiger partial charge < -0.3 is 10.2 Å². The molecule has 0 saturated heterocycles. The van der Waals surface area contributed by atoms with Crippen LogP contribution < -0.4 is 4.90 Å². The minimum absolute atomic E-state index is 0.0376. The zero-order valence-electron chi connectivity index (χ0n) is 19.5. The molecule has 0 aliphatic carbocycles. The second kappa shape index (κ2) is 10.3. The lowest BCUT2D eigenvalue weighted by Gasteiger charge is -2.24. The molecule has 5 rings (SSSR count). The van der Waals surface area contributed by atoms with Gasteiger partial charge in [0.1, 0.15) is 5.75 Å². The number of anilines is 1. The largest absolute Gasteiger partial charge is 0.508 e. The van der Waals surface area contributed by atoms with E-state index in [2.05, 4.69) is 15.2 Å². The third-order valence-corrected chi connectivity index (χ3v) is 9.08. The van der Waals surface area contributed by atoms with Crippen LogP contribution in [0.1, 0.15) is 37.5 Å². The molecule has 1 aliphatic heterocycles. The monoisotopic (exact) mass is 570 g/mol. The third kappa shape index (κ3) is 4.99. The van der Waals surface area contributed by atoms with Gasteiger partial charge in [0.05, 0.1) is 27.2 Å². The van der Waals surface area contributed by atoms with E-state index >= 15 is 0 Å². The number of aliphatic hydroxyl groups is 1. The molecule has 37 heavy (non-hydrogen) atoms. The Morgan fingerprint density at radius 2 is 1.86 bits per heavy atom. The predicted molar refractivity (Wildman–Crippen MR) is 145 cm³/mol. The number of aliphatic hydroxyl groups excluding tert-OH is 1. The third-order valence-electron chi connectivity index (χ3n) is 5.63. The molecule has 0 bridgehead atoms. The maximum Gasteiger partial charge on any atom is 0.296 e. The lowest BCUT2D eigenvalue weighted by molar-refractivity contribution is -0.117. The highest BCUT2D eigenvalue weighted by molar-refractivity contribution is 8.00. The number of benzene rings is 2. The van der Waals surface area contributed by atoms with Crippen LogP contribution in [0.25, 0.3) is 0 Å². The molecule has 0 saturated carbocycles. The SMILES string of the molecule is Cc1nc(C)c(C(=O)C2=C(O)C(=O)N(c3nnc(SCc4ccc(Cl)cc4)s3)C2c2cccc(O)c2)s1. The molecule has 1 unspecified atom stereocenters. The van der Waals surface area contributed by atoms with E-state index in [1.165, 1.54) is 51.5 Å². The Morgan fingerprint density at radius 1 is 1.11 bits per heavy atom. The minimum Gasteiger partial charge on any atom is -0.508 e. The smallest absolute Gasteiger partial charge is 0.296 e. The maximum absolute atomic E-state index is 13.6. The standard InChI is InChI=1S/C25H19ClN4O4S3/c1-12-22(36-13(2)27-12)20(32)18-19(15-4-3-5-17(31)10-15)30(23(34)21(18)33)24-28-29-25(37-24)35-11-14-6-8-16(26)9-7-14/h3-10,19,31,33H,11H2,1-2H3. The molecule has 1 atom stereocenters. The Bertz CT molecular complexity index is 1550. The molecule has 188 valence electrons. The van der Waals surface area contributed by atoms with E-state index in [0.717, 1.165) is 5.56 Å². The Hall–Kier alpha value is -3.25. The Morgan fingerprint density at radius 3 is 2.54 bits per heavy atom. The molecule has 8 nitrogen and oxygen atoms in total. The number of thioether (sulfide) groups is 1. The predicted octanol–water partition coefficient (Wildman–Crippen LogP) is 6.05. The quantitative estimate of drug-likeness (QED) is 0.157. The second-order valence-electron chi connectivity index (χ2n) is 8.18. The van der Waals surface area contributed by atoms with Crippen LogP contribution in [0.15, 0.2) is 64.2 Å². The fourth-order valence-electron chi connectivity index (χ4n) is 3.99. The van der Waals surface area contributed by atoms with Gasteiger partial charge in [0.15, 0.2) is 10.1 Å². The van der Waals surface area contributed by atoms with Crippen LogP contribution >= 0.6 is 46.0 Å². The lowest BCUT2D eigenvalue weighted by atomic mass is 9.95. The van der Waals surface area contributed by atoms with Crippen molar-refractivity contribution in [3.8, 4) is 5.75 Å². The number of thiazole rings is 1. The number of aromatic nitrogens is 3. The summed E-state index contributed by atoms with van der Waals surface area (Å²) >= 11 is 9.77. The Balaban J connectivity index is 1.51. The van der Waals surface area contributed by atoms with Gasteiger partial charge in [0.25, 0.3) is 5.91 Å². The molecule has 12 heteroatoms. The average molecular weight is 571 g/mol. The molecule has 1 amide bonds. The van der Waals surface area contributed by atoms with Gasteiger partial charge in [-0.15, -0.1) is 21.5 Å². The molecular formula is C25H19ClN4O4S3. The molecule has 0 spiro atoms. The van der Waals surface area contributed by atoms with Crippen molar-refractivity contribution in [1.82, 2.24) is 15.2 Å². The number of carbonyl (C=O) groups excluding carboxylic acids is 2. The molecule has 0 fully saturated rings. The van der Waals surface area contributed by atoms with E-state index in [0.29, 0.717) is 36.3 Å². The highest BCUT2D eigenvalue weighted by Crippen LogP contribution is 2.45. The van der Waals surface area contributed by atoms with Gasteiger partial charge in [-0.05, 0) is 49.2 Å². The van der Waals surface area contributed by atoms with Gasteiger partial charge in [-0.1, -0.05) is 59.0 Å². The summed E-state index contributed by atoms with van der Waals surface area (Å²) in [6.07, 6.45) is 0. The first-order valence-electron chi connectivity index (χ1n) is 11.0. The lowest BCUT2D eigenvalue weighted by Crippen LogP contribution is -2.31. The van der Waals surface area contributed by atoms with Crippen molar-refractivity contribution in [3.05, 3.63) is 91.6 Å². The van der Waals surface area contributed by atoms with Crippen LogP contribution in [0.2, 0.25) is 5.02 Å². The van der Waals surface area contributed by atoms with Crippen molar-refractivity contribution < 1.29 is 19.8 Å². The van der Waals surface area contributed by atoms with Gasteiger partial charge in [0.2, 0.25) is 10.9 Å². The summed E-state index contributed by atoms with van der Waals surface area (Å²) in [6, 6.07) is 12.7. The molecule has 0 radical (unpaired) electrons. The first-order valence-corrected chi connectivity index (χ1v) is 14.0. The summed E-state index contributed by atoms with van der Waals surface area (Å²) in [7, 11) is 0. The maximum atomic E-state index is 13.6. The number of aryl methyl sites for hydroxylation is 2. The van der Waals surface area contributed by atoms with E-state index < -0.39 is 23.5 Å². The highest BCUT2D eigenvalue weighted by atomic mass is 35.5. The van der Waals surface area contributed by atoms with Crippen LogP contribution in [0.4, 0.5) is 5.13 Å². The first kappa shape index (κ1) is 25.4. The molecule has 1 aliphatic rings. The van der Waals surface area contributed by atoms with Crippen molar-refractivity contribution in [3.63, 3.8) is 0 Å². The van der Waals surface area contributed by atoms with Gasteiger partial charge in [-0.25, -0.2) is 4.98 Å². The topological polar surface area (TPSA) is 117 Å². The fourth-order valence-corrected chi connectivity index (χ4v) is 6.82. The Kier molecular flexibility index (Phi) is 7.04. The summed E-state index contributed by atoms with van der Waals surface area (Å²) in [5, 5.41) is 31.1. The van der Waals surface area contributed by atoms with E-state index in [-0.39, 0.29) is 16.5 Å². The number of ketones is 1.